The highest BCUT2D eigenvalue weighted by molar-refractivity contribution is 9.10. The van der Waals surface area contributed by atoms with Crippen molar-refractivity contribution in [3.05, 3.63) is 139 Å². The molecule has 4 aromatic carbocycles. The Labute approximate surface area is 254 Å². The first-order valence-corrected chi connectivity index (χ1v) is 14.5. The number of amides is 3. The first kappa shape index (κ1) is 26.9. The lowest BCUT2D eigenvalue weighted by molar-refractivity contribution is -0.384. The van der Waals surface area contributed by atoms with Gasteiger partial charge in [0.2, 0.25) is 17.7 Å². The van der Waals surface area contributed by atoms with Crippen LogP contribution in [0.4, 0.5) is 11.4 Å². The van der Waals surface area contributed by atoms with Gasteiger partial charge >= 0.3 is 0 Å². The molecule has 43 heavy (non-hydrogen) atoms. The Bertz CT molecular complexity index is 1810. The van der Waals surface area contributed by atoms with E-state index in [0.29, 0.717) is 11.3 Å². The highest BCUT2D eigenvalue weighted by Gasteiger charge is 2.68. The second-order valence-corrected chi connectivity index (χ2v) is 11.8. The molecule has 0 radical (unpaired) electrons. The van der Waals surface area contributed by atoms with Gasteiger partial charge in [0.05, 0.1) is 34.3 Å². The van der Waals surface area contributed by atoms with Crippen molar-refractivity contribution >= 4 is 51.2 Å². The van der Waals surface area contributed by atoms with Gasteiger partial charge in [-0.25, -0.2) is 10.3 Å². The van der Waals surface area contributed by atoms with Crippen LogP contribution in [0.3, 0.4) is 0 Å². The third-order valence-corrected chi connectivity index (χ3v) is 9.27. The van der Waals surface area contributed by atoms with E-state index in [0.717, 1.165) is 26.7 Å². The van der Waals surface area contributed by atoms with E-state index in [2.05, 4.69) is 26.5 Å². The number of anilines is 1. The van der Waals surface area contributed by atoms with Crippen molar-refractivity contribution in [3.63, 3.8) is 0 Å². The second-order valence-electron chi connectivity index (χ2n) is 10.9. The molecule has 0 unspecified atom stereocenters. The quantitative estimate of drug-likeness (QED) is 0.134. The molecule has 9 nitrogen and oxygen atoms in total. The number of benzene rings is 4. The Hall–Kier alpha value is -4.96. The number of hydrazone groups is 1. The Morgan fingerprint density at radius 1 is 0.907 bits per heavy atom. The van der Waals surface area contributed by atoms with Crippen LogP contribution in [0.1, 0.15) is 33.7 Å². The van der Waals surface area contributed by atoms with Gasteiger partial charge < -0.3 is 0 Å². The summed E-state index contributed by atoms with van der Waals surface area (Å²) < 4.78 is 0.834. The van der Waals surface area contributed by atoms with Gasteiger partial charge in [0.15, 0.2) is 0 Å². The summed E-state index contributed by atoms with van der Waals surface area (Å²) in [5.41, 5.74) is 6.20. The lowest BCUT2D eigenvalue weighted by atomic mass is 9.47. The minimum Gasteiger partial charge on any atom is -0.274 e. The fourth-order valence-corrected chi connectivity index (χ4v) is 7.33. The molecule has 1 saturated heterocycles. The Balaban J connectivity index is 1.30. The Morgan fingerprint density at radius 3 is 2.12 bits per heavy atom. The van der Waals surface area contributed by atoms with Crippen molar-refractivity contribution in [2.45, 2.75) is 17.8 Å². The fourth-order valence-electron chi connectivity index (χ4n) is 7.06. The molecular formula is C33H23BrN4O5. The zero-order valence-electron chi connectivity index (χ0n) is 22.5. The number of imide groups is 1. The first-order valence-electron chi connectivity index (χ1n) is 13.7. The zero-order valence-corrected chi connectivity index (χ0v) is 24.1. The molecule has 2 atom stereocenters. The third-order valence-electron chi connectivity index (χ3n) is 8.74. The van der Waals surface area contributed by atoms with Crippen LogP contribution in [0.15, 0.2) is 107 Å². The number of rotatable bonds is 6. The van der Waals surface area contributed by atoms with Gasteiger partial charge in [-0.05, 0) is 52.1 Å². The predicted molar refractivity (Wildman–Crippen MR) is 163 cm³/mol. The first-order chi connectivity index (χ1) is 20.8. The van der Waals surface area contributed by atoms with Gasteiger partial charge in [-0.2, -0.15) is 5.10 Å². The molecule has 3 amide bonds. The normalized spacial score (nSPS) is 23.2. The van der Waals surface area contributed by atoms with E-state index in [1.54, 1.807) is 30.5 Å². The molecule has 1 fully saturated rings. The summed E-state index contributed by atoms with van der Waals surface area (Å²) in [4.78, 5) is 53.2. The van der Waals surface area contributed by atoms with Gasteiger partial charge in [-0.15, -0.1) is 0 Å². The molecule has 2 bridgehead atoms. The van der Waals surface area contributed by atoms with Crippen LogP contribution in [0.2, 0.25) is 0 Å². The van der Waals surface area contributed by atoms with Crippen molar-refractivity contribution in [1.29, 1.82) is 0 Å². The highest BCUT2D eigenvalue weighted by atomic mass is 79.9. The van der Waals surface area contributed by atoms with Crippen LogP contribution in [0.25, 0.3) is 0 Å². The summed E-state index contributed by atoms with van der Waals surface area (Å²) in [7, 11) is 0. The number of carbonyl (C=O) groups is 3. The van der Waals surface area contributed by atoms with Crippen molar-refractivity contribution in [2.24, 2.45) is 16.9 Å². The predicted octanol–water partition coefficient (Wildman–Crippen LogP) is 5.25. The van der Waals surface area contributed by atoms with Gasteiger partial charge in [0.1, 0.15) is 0 Å². The number of nitro benzene ring substituents is 1. The highest BCUT2D eigenvalue weighted by Crippen LogP contribution is 2.63. The van der Waals surface area contributed by atoms with Crippen molar-refractivity contribution in [1.82, 2.24) is 5.43 Å². The zero-order chi connectivity index (χ0) is 29.9. The van der Waals surface area contributed by atoms with Crippen LogP contribution >= 0.6 is 15.9 Å². The summed E-state index contributed by atoms with van der Waals surface area (Å²) >= 11 is 3.42. The molecule has 10 heteroatoms. The van der Waals surface area contributed by atoms with Crippen LogP contribution in [0, 0.1) is 22.0 Å². The molecule has 1 heterocycles. The maximum atomic E-state index is 14.4. The monoisotopic (exact) mass is 634 g/mol. The molecule has 1 aliphatic heterocycles. The molecule has 4 aliphatic rings. The summed E-state index contributed by atoms with van der Waals surface area (Å²) in [5.74, 6) is -2.71. The maximum absolute atomic E-state index is 14.4. The lowest BCUT2D eigenvalue weighted by Gasteiger charge is -2.52. The summed E-state index contributed by atoms with van der Waals surface area (Å²) in [6, 6.07) is 28.5. The standard InChI is InChI=1S/C33H23BrN4O5/c34-20-11-15-21(16-12-20)37-31(40)29-28-23-5-1-3-7-25(23)33(30(29)32(37)41,26-8-4-2-6-24(26)28)18-35-36-27(39)17-19-9-13-22(14-10-19)38(42)43/h1-16,18,28-30H,17H2,(H,36,39)/b35-18-/t28?,29-,30-,33?/m0/s1. The summed E-state index contributed by atoms with van der Waals surface area (Å²) in [5, 5.41) is 15.4. The maximum Gasteiger partial charge on any atom is 0.269 e. The number of nitrogens with zero attached hydrogens (tertiary/aromatic N) is 3. The molecule has 3 aliphatic carbocycles. The number of nitro groups is 1. The molecular weight excluding hydrogens is 612 g/mol. The van der Waals surface area contributed by atoms with Crippen LogP contribution in [-0.4, -0.2) is 28.9 Å². The summed E-state index contributed by atoms with van der Waals surface area (Å²) in [6.45, 7) is 0. The van der Waals surface area contributed by atoms with Gasteiger partial charge in [0.25, 0.3) is 5.69 Å². The SMILES string of the molecule is O=C(Cc1ccc([N+](=O)[O-])cc1)N/N=C\C12c3ccccc3C(c3ccccc31)[C@@H]1C(=O)N(c3ccc(Br)cc3)C(=O)[C@H]12. The number of nitrogens with one attached hydrogen (secondary N) is 1. The minimum absolute atomic E-state index is 0.0433. The van der Waals surface area contributed by atoms with E-state index in [9.17, 15) is 24.5 Å². The molecule has 0 aromatic heterocycles. The number of hydrogen-bond donors (Lipinski definition) is 1. The topological polar surface area (TPSA) is 122 Å². The molecule has 8 rings (SSSR count). The van der Waals surface area contributed by atoms with Crippen molar-refractivity contribution in [3.8, 4) is 0 Å². The van der Waals surface area contributed by atoms with E-state index in [1.807, 2.05) is 48.5 Å². The fraction of sp³-hybridized carbons (Fsp3) is 0.152. The number of non-ortho nitro benzene ring substituents is 1. The number of halogens is 1. The average Bonchev–Trinajstić information content (AvgIpc) is 3.28. The van der Waals surface area contributed by atoms with Gasteiger partial charge in [-0.1, -0.05) is 76.6 Å². The molecule has 212 valence electrons. The minimum atomic E-state index is -1.11. The van der Waals surface area contributed by atoms with Crippen LogP contribution < -0.4 is 10.3 Å². The number of hydrogen-bond acceptors (Lipinski definition) is 6. The molecule has 0 saturated carbocycles. The van der Waals surface area contributed by atoms with Crippen LogP contribution in [0.5, 0.6) is 0 Å². The number of carbonyl (C=O) groups excluding carboxylic acids is 3. The van der Waals surface area contributed by atoms with Gasteiger partial charge in [-0.3, -0.25) is 24.5 Å². The van der Waals surface area contributed by atoms with E-state index in [1.165, 1.54) is 29.2 Å². The lowest BCUT2D eigenvalue weighted by Crippen LogP contribution is -2.54. The largest absolute Gasteiger partial charge is 0.274 e. The van der Waals surface area contributed by atoms with E-state index in [4.69, 9.17) is 0 Å². The van der Waals surface area contributed by atoms with Crippen molar-refractivity contribution < 1.29 is 19.3 Å². The van der Waals surface area contributed by atoms with E-state index in [-0.39, 0.29) is 29.8 Å². The third kappa shape index (κ3) is 4.04. The van der Waals surface area contributed by atoms with Crippen molar-refractivity contribution in [2.75, 3.05) is 4.90 Å². The smallest absolute Gasteiger partial charge is 0.269 e. The Kier molecular flexibility index (Phi) is 6.32. The van der Waals surface area contributed by atoms with Gasteiger partial charge in [0, 0.05) is 28.7 Å². The molecule has 1 N–H and O–H groups in total. The average molecular weight is 635 g/mol. The van der Waals surface area contributed by atoms with E-state index < -0.39 is 28.1 Å². The Morgan fingerprint density at radius 2 is 1.51 bits per heavy atom. The van der Waals surface area contributed by atoms with Crippen LogP contribution in [-0.2, 0) is 26.2 Å². The molecule has 0 spiro atoms. The summed E-state index contributed by atoms with van der Waals surface area (Å²) in [6.07, 6.45) is 1.57. The molecule has 4 aromatic rings. The van der Waals surface area contributed by atoms with E-state index >= 15 is 0 Å². The second kappa shape index (κ2) is 10.1.